The van der Waals surface area contributed by atoms with Crippen molar-refractivity contribution in [3.8, 4) is 11.1 Å². The minimum atomic E-state index is 0.486. The normalized spacial score (nSPS) is 17.9. The molecule has 1 heterocycles. The zero-order valence-corrected chi connectivity index (χ0v) is 22.2. The molecule has 1 aliphatic heterocycles. The Morgan fingerprint density at radius 2 is 1.46 bits per heavy atom. The van der Waals surface area contributed by atoms with E-state index in [1.54, 1.807) is 0 Å². The highest BCUT2D eigenvalue weighted by Gasteiger charge is 2.34. The van der Waals surface area contributed by atoms with Crippen LogP contribution in [0.2, 0.25) is 0 Å². The van der Waals surface area contributed by atoms with Crippen LogP contribution in [-0.4, -0.2) is 25.8 Å². The van der Waals surface area contributed by atoms with Crippen molar-refractivity contribution in [3.63, 3.8) is 0 Å². The number of benzene rings is 5. The summed E-state index contributed by atoms with van der Waals surface area (Å²) in [5, 5.41) is 3.85. The summed E-state index contributed by atoms with van der Waals surface area (Å²) in [7, 11) is 9.16. The molecule has 0 aromatic heterocycles. The van der Waals surface area contributed by atoms with Crippen LogP contribution in [0.3, 0.4) is 0 Å². The number of rotatable bonds is 6. The first-order valence-electron chi connectivity index (χ1n) is 13.1. The lowest BCUT2D eigenvalue weighted by molar-refractivity contribution is 0.315. The van der Waals surface area contributed by atoms with Gasteiger partial charge in [0, 0.05) is 25.6 Å². The van der Waals surface area contributed by atoms with Crippen molar-refractivity contribution in [1.29, 1.82) is 0 Å². The van der Waals surface area contributed by atoms with Crippen LogP contribution in [0, 0.1) is 5.92 Å². The molecule has 1 nitrogen and oxygen atoms in total. The fourth-order valence-electron chi connectivity index (χ4n) is 6.09. The average molecular weight is 495 g/mol. The molecule has 37 heavy (non-hydrogen) atoms. The van der Waals surface area contributed by atoms with E-state index in [-0.39, 0.29) is 0 Å². The quantitative estimate of drug-likeness (QED) is 0.199. The lowest BCUT2D eigenvalue weighted by Crippen LogP contribution is -2.20. The number of fused-ring (bicyclic) bond motifs is 1. The smallest absolute Gasteiger partial charge is 0.114 e. The zero-order valence-electron chi connectivity index (χ0n) is 21.1. The van der Waals surface area contributed by atoms with Crippen LogP contribution in [0.5, 0.6) is 0 Å². The summed E-state index contributed by atoms with van der Waals surface area (Å²) in [6.45, 7) is 3.18. The van der Waals surface area contributed by atoms with Gasteiger partial charge in [-0.25, -0.2) is 0 Å². The SMILES string of the molecule is [B]c1cccc(P)c1-c1ccc(C2CN(Cc3ccccc3)C[C@H]2Cc2cccc3ccccc23)cc1. The Labute approximate surface area is 224 Å². The van der Waals surface area contributed by atoms with E-state index in [4.69, 9.17) is 7.85 Å². The number of nitrogens with zero attached hydrogens (tertiary/aromatic N) is 1. The average Bonchev–Trinajstić information content (AvgIpc) is 3.31. The second-order valence-electron chi connectivity index (χ2n) is 10.3. The van der Waals surface area contributed by atoms with Crippen LogP contribution in [0.4, 0.5) is 0 Å². The molecule has 2 radical (unpaired) electrons. The van der Waals surface area contributed by atoms with Gasteiger partial charge < -0.3 is 0 Å². The Bertz CT molecular complexity index is 1490. The van der Waals surface area contributed by atoms with E-state index in [0.29, 0.717) is 11.8 Å². The third-order valence-corrected chi connectivity index (χ3v) is 8.37. The van der Waals surface area contributed by atoms with E-state index >= 15 is 0 Å². The van der Waals surface area contributed by atoms with Crippen molar-refractivity contribution in [2.75, 3.05) is 13.1 Å². The van der Waals surface area contributed by atoms with Crippen LogP contribution >= 0.6 is 9.24 Å². The van der Waals surface area contributed by atoms with Crippen molar-refractivity contribution >= 4 is 38.6 Å². The molecule has 1 fully saturated rings. The summed E-state index contributed by atoms with van der Waals surface area (Å²) >= 11 is 0. The van der Waals surface area contributed by atoms with Crippen LogP contribution in [-0.2, 0) is 13.0 Å². The van der Waals surface area contributed by atoms with Gasteiger partial charge in [-0.2, -0.15) is 0 Å². The summed E-state index contributed by atoms with van der Waals surface area (Å²) < 4.78 is 0. The van der Waals surface area contributed by atoms with E-state index < -0.39 is 0 Å². The summed E-state index contributed by atoms with van der Waals surface area (Å²) in [5.74, 6) is 1.04. The van der Waals surface area contributed by atoms with Crippen molar-refractivity contribution < 1.29 is 0 Å². The van der Waals surface area contributed by atoms with E-state index in [0.717, 1.165) is 42.4 Å². The van der Waals surface area contributed by atoms with Crippen molar-refractivity contribution in [2.45, 2.75) is 18.9 Å². The number of hydrogen-bond acceptors (Lipinski definition) is 1. The molecule has 0 aliphatic carbocycles. The molecule has 2 unspecified atom stereocenters. The zero-order chi connectivity index (χ0) is 25.2. The minimum Gasteiger partial charge on any atom is -0.298 e. The summed E-state index contributed by atoms with van der Waals surface area (Å²) in [6.07, 6.45) is 1.08. The molecule has 5 aromatic carbocycles. The highest BCUT2D eigenvalue weighted by atomic mass is 31.0. The van der Waals surface area contributed by atoms with Gasteiger partial charge in [0.1, 0.15) is 7.85 Å². The van der Waals surface area contributed by atoms with Gasteiger partial charge in [-0.05, 0) is 56.2 Å². The molecule has 3 heteroatoms. The number of hydrogen-bond donors (Lipinski definition) is 0. The first-order valence-corrected chi connectivity index (χ1v) is 13.7. The van der Waals surface area contributed by atoms with Crippen molar-refractivity contribution in [3.05, 3.63) is 132 Å². The third kappa shape index (κ3) is 5.15. The lowest BCUT2D eigenvalue weighted by Gasteiger charge is -2.20. The minimum absolute atomic E-state index is 0.486. The molecule has 0 spiro atoms. The monoisotopic (exact) mass is 495 g/mol. The second kappa shape index (κ2) is 10.7. The van der Waals surface area contributed by atoms with Crippen LogP contribution < -0.4 is 10.8 Å². The van der Waals surface area contributed by atoms with Gasteiger partial charge in [-0.3, -0.25) is 4.90 Å². The Morgan fingerprint density at radius 1 is 0.730 bits per heavy atom. The Morgan fingerprint density at radius 3 is 2.27 bits per heavy atom. The van der Waals surface area contributed by atoms with Gasteiger partial charge in [0.2, 0.25) is 0 Å². The lowest BCUT2D eigenvalue weighted by atomic mass is 9.82. The molecule has 1 aliphatic rings. The highest BCUT2D eigenvalue weighted by Crippen LogP contribution is 2.37. The Kier molecular flexibility index (Phi) is 6.96. The first-order chi connectivity index (χ1) is 18.2. The molecule has 5 aromatic rings. The van der Waals surface area contributed by atoms with Gasteiger partial charge in [-0.1, -0.05) is 121 Å². The van der Waals surface area contributed by atoms with Gasteiger partial charge in [0.05, 0.1) is 0 Å². The maximum atomic E-state index is 6.34. The predicted molar refractivity (Wildman–Crippen MR) is 162 cm³/mol. The molecule has 3 atom stereocenters. The maximum Gasteiger partial charge on any atom is 0.114 e. The molecule has 0 saturated carbocycles. The molecule has 0 amide bonds. The fourth-order valence-corrected chi connectivity index (χ4v) is 6.53. The van der Waals surface area contributed by atoms with Crippen molar-refractivity contribution in [2.24, 2.45) is 5.92 Å². The van der Waals surface area contributed by atoms with Crippen LogP contribution in [0.1, 0.15) is 22.6 Å². The van der Waals surface area contributed by atoms with Crippen molar-refractivity contribution in [1.82, 2.24) is 4.90 Å². The highest BCUT2D eigenvalue weighted by molar-refractivity contribution is 7.28. The largest absolute Gasteiger partial charge is 0.298 e. The molecule has 1 saturated heterocycles. The van der Waals surface area contributed by atoms with Crippen LogP contribution in [0.15, 0.2) is 115 Å². The Balaban J connectivity index is 1.31. The summed E-state index contributed by atoms with van der Waals surface area (Å²) in [6, 6.07) is 41.7. The standard InChI is InChI=1S/C34H31BNP/c35-32-14-7-15-33(37)34(32)27-18-16-26(17-19-27)31-23-36(21-24-8-2-1-3-9-24)22-29(31)20-28-12-6-11-25-10-4-5-13-30(25)28/h1-19,29,31H,20-23,37H2/t29-,31?/m1/s1. The maximum absolute atomic E-state index is 6.34. The molecule has 0 bridgehead atoms. The topological polar surface area (TPSA) is 3.24 Å². The second-order valence-corrected chi connectivity index (χ2v) is 10.9. The van der Waals surface area contributed by atoms with E-state index in [1.807, 2.05) is 12.1 Å². The van der Waals surface area contributed by atoms with E-state index in [9.17, 15) is 0 Å². The first kappa shape index (κ1) is 24.2. The number of likely N-dealkylation sites (tertiary alicyclic amines) is 1. The van der Waals surface area contributed by atoms with E-state index in [2.05, 4.69) is 117 Å². The van der Waals surface area contributed by atoms with Gasteiger partial charge in [-0.15, -0.1) is 9.24 Å². The van der Waals surface area contributed by atoms with Crippen LogP contribution in [0.25, 0.3) is 21.9 Å². The predicted octanol–water partition coefficient (Wildman–Crippen LogP) is 6.26. The summed E-state index contributed by atoms with van der Waals surface area (Å²) in [5.41, 5.74) is 7.37. The molecular weight excluding hydrogens is 464 g/mol. The Hall–Kier alpha value is -3.19. The van der Waals surface area contributed by atoms with E-state index in [1.165, 1.54) is 33.0 Å². The fraction of sp³-hybridized carbons (Fsp3) is 0.176. The van der Waals surface area contributed by atoms with Gasteiger partial charge in [0.15, 0.2) is 0 Å². The third-order valence-electron chi connectivity index (χ3n) is 7.88. The summed E-state index contributed by atoms with van der Waals surface area (Å²) in [4.78, 5) is 2.64. The molecule has 180 valence electrons. The van der Waals surface area contributed by atoms with Gasteiger partial charge >= 0.3 is 0 Å². The molecular formula is C34H31BNP. The van der Waals surface area contributed by atoms with Gasteiger partial charge in [0.25, 0.3) is 0 Å². The molecule has 6 rings (SSSR count). The molecule has 0 N–H and O–H groups in total.